The van der Waals surface area contributed by atoms with Crippen LogP contribution in [0.2, 0.25) is 0 Å². The van der Waals surface area contributed by atoms with Gasteiger partial charge in [0.15, 0.2) is 0 Å². The summed E-state index contributed by atoms with van der Waals surface area (Å²) >= 11 is 3.23. The van der Waals surface area contributed by atoms with E-state index in [9.17, 15) is 4.39 Å². The molecule has 6 heteroatoms. The van der Waals surface area contributed by atoms with Crippen molar-refractivity contribution in [1.82, 2.24) is 10.1 Å². The molecule has 0 aliphatic rings. The normalized spacial score (nSPS) is 12.7. The molecule has 4 nitrogen and oxygen atoms in total. The maximum Gasteiger partial charge on any atom is 0.231 e. The fourth-order valence-electron chi connectivity index (χ4n) is 1.64. The lowest BCUT2D eigenvalue weighted by atomic mass is 10.1. The minimum absolute atomic E-state index is 0.0447. The molecule has 2 rings (SSSR count). The summed E-state index contributed by atoms with van der Waals surface area (Å²) in [5.41, 5.74) is 6.19. The third-order valence-electron chi connectivity index (χ3n) is 2.69. The zero-order valence-corrected chi connectivity index (χ0v) is 11.4. The number of hydrogen-bond donors (Lipinski definition) is 1. The highest BCUT2D eigenvalue weighted by molar-refractivity contribution is 9.10. The molecule has 1 unspecified atom stereocenters. The van der Waals surface area contributed by atoms with Gasteiger partial charge < -0.3 is 10.3 Å². The maximum atomic E-state index is 13.3. The molecule has 96 valence electrons. The number of hydrogen-bond acceptors (Lipinski definition) is 4. The molecule has 0 saturated heterocycles. The molecule has 0 aliphatic heterocycles. The van der Waals surface area contributed by atoms with E-state index in [2.05, 4.69) is 26.1 Å². The van der Waals surface area contributed by atoms with Crippen molar-refractivity contribution >= 4 is 15.9 Å². The lowest BCUT2D eigenvalue weighted by molar-refractivity contribution is 0.351. The fourth-order valence-corrected chi connectivity index (χ4v) is 2.11. The summed E-state index contributed by atoms with van der Waals surface area (Å²) in [7, 11) is 0. The summed E-state index contributed by atoms with van der Waals surface area (Å²) in [6.45, 7) is 2.45. The molecule has 1 aromatic carbocycles. The fraction of sp³-hybridized carbons (Fsp3) is 0.333. The monoisotopic (exact) mass is 313 g/mol. The van der Waals surface area contributed by atoms with E-state index in [0.717, 1.165) is 6.42 Å². The van der Waals surface area contributed by atoms with Gasteiger partial charge in [-0.15, -0.1) is 0 Å². The lowest BCUT2D eigenvalue weighted by Crippen LogP contribution is -2.11. The Hall–Kier alpha value is -1.27. The van der Waals surface area contributed by atoms with Crippen molar-refractivity contribution in [3.63, 3.8) is 0 Å². The maximum absolute atomic E-state index is 13.3. The first kappa shape index (κ1) is 13.2. The second-order valence-corrected chi connectivity index (χ2v) is 4.87. The Morgan fingerprint density at radius 2 is 2.22 bits per heavy atom. The summed E-state index contributed by atoms with van der Waals surface area (Å²) in [5.74, 6) is 0.562. The molecule has 0 radical (unpaired) electrons. The molecular weight excluding hydrogens is 301 g/mol. The Bertz CT molecular complexity index is 520. The van der Waals surface area contributed by atoms with E-state index in [0.29, 0.717) is 28.3 Å². The van der Waals surface area contributed by atoms with Crippen molar-refractivity contribution in [2.75, 3.05) is 6.54 Å². The van der Waals surface area contributed by atoms with Crippen LogP contribution in [-0.4, -0.2) is 16.7 Å². The van der Waals surface area contributed by atoms with Gasteiger partial charge in [-0.2, -0.15) is 4.98 Å². The van der Waals surface area contributed by atoms with Crippen LogP contribution in [0.5, 0.6) is 0 Å². The van der Waals surface area contributed by atoms with E-state index in [1.165, 1.54) is 12.1 Å². The van der Waals surface area contributed by atoms with Crippen LogP contribution in [0.3, 0.4) is 0 Å². The van der Waals surface area contributed by atoms with Crippen LogP contribution in [-0.2, 0) is 0 Å². The van der Waals surface area contributed by atoms with Crippen molar-refractivity contribution in [2.24, 2.45) is 5.73 Å². The molecule has 2 aromatic rings. The number of benzene rings is 1. The molecular formula is C12H13BrFN3O. The molecule has 18 heavy (non-hydrogen) atoms. The van der Waals surface area contributed by atoms with Gasteiger partial charge in [-0.25, -0.2) is 4.39 Å². The van der Waals surface area contributed by atoms with E-state index >= 15 is 0 Å². The Labute approximate surface area is 113 Å². The van der Waals surface area contributed by atoms with Crippen molar-refractivity contribution in [3.05, 3.63) is 34.4 Å². The van der Waals surface area contributed by atoms with Crippen LogP contribution in [0.15, 0.2) is 27.2 Å². The van der Waals surface area contributed by atoms with Crippen LogP contribution in [0, 0.1) is 5.82 Å². The van der Waals surface area contributed by atoms with Gasteiger partial charge in [-0.05, 0) is 24.6 Å². The van der Waals surface area contributed by atoms with Crippen molar-refractivity contribution in [1.29, 1.82) is 0 Å². The third kappa shape index (κ3) is 2.76. The van der Waals surface area contributed by atoms with E-state index in [-0.39, 0.29) is 11.7 Å². The topological polar surface area (TPSA) is 64.9 Å². The number of nitrogens with two attached hydrogens (primary N) is 1. The van der Waals surface area contributed by atoms with Crippen LogP contribution < -0.4 is 5.73 Å². The Balaban J connectivity index is 2.34. The molecule has 2 N–H and O–H groups in total. The largest absolute Gasteiger partial charge is 0.339 e. The number of aromatic nitrogens is 2. The molecule has 0 amide bonds. The average Bonchev–Trinajstić information content (AvgIpc) is 2.79. The van der Waals surface area contributed by atoms with Gasteiger partial charge in [0.1, 0.15) is 5.82 Å². The van der Waals surface area contributed by atoms with Crippen LogP contribution in [0.4, 0.5) is 4.39 Å². The van der Waals surface area contributed by atoms with Gasteiger partial charge >= 0.3 is 0 Å². The zero-order chi connectivity index (χ0) is 13.1. The van der Waals surface area contributed by atoms with Gasteiger partial charge in [-0.3, -0.25) is 0 Å². The van der Waals surface area contributed by atoms with E-state index in [4.69, 9.17) is 10.3 Å². The smallest absolute Gasteiger partial charge is 0.231 e. The minimum atomic E-state index is -0.350. The number of nitrogens with zero attached hydrogens (tertiary/aromatic N) is 2. The van der Waals surface area contributed by atoms with E-state index in [1.807, 2.05) is 6.92 Å². The number of rotatable bonds is 4. The van der Waals surface area contributed by atoms with Crippen molar-refractivity contribution in [2.45, 2.75) is 19.3 Å². The predicted octanol–water partition coefficient (Wildman–Crippen LogP) is 3.09. The van der Waals surface area contributed by atoms with Crippen LogP contribution in [0.25, 0.3) is 11.4 Å². The molecule has 1 aromatic heterocycles. The van der Waals surface area contributed by atoms with Crippen molar-refractivity contribution in [3.8, 4) is 11.4 Å². The van der Waals surface area contributed by atoms with Crippen LogP contribution >= 0.6 is 15.9 Å². The molecule has 0 aliphatic carbocycles. The van der Waals surface area contributed by atoms with Gasteiger partial charge in [0.25, 0.3) is 0 Å². The highest BCUT2D eigenvalue weighted by Crippen LogP contribution is 2.24. The van der Waals surface area contributed by atoms with Gasteiger partial charge in [0.2, 0.25) is 11.7 Å². The molecule has 0 fully saturated rings. The van der Waals surface area contributed by atoms with Gasteiger partial charge in [0.05, 0.1) is 5.92 Å². The second kappa shape index (κ2) is 5.58. The SMILES string of the molecule is CCC(CN)c1nc(-c2cc(F)cc(Br)c2)no1. The first-order valence-electron chi connectivity index (χ1n) is 5.64. The zero-order valence-electron chi connectivity index (χ0n) is 9.86. The number of halogens is 2. The Morgan fingerprint density at radius 3 is 2.83 bits per heavy atom. The first-order chi connectivity index (χ1) is 8.63. The molecule has 1 atom stereocenters. The summed E-state index contributed by atoms with van der Waals surface area (Å²) < 4.78 is 19.1. The molecule has 0 bridgehead atoms. The Morgan fingerprint density at radius 1 is 1.44 bits per heavy atom. The van der Waals surface area contributed by atoms with E-state index in [1.54, 1.807) is 6.07 Å². The first-order valence-corrected chi connectivity index (χ1v) is 6.43. The van der Waals surface area contributed by atoms with Crippen molar-refractivity contribution < 1.29 is 8.91 Å². The average molecular weight is 314 g/mol. The van der Waals surface area contributed by atoms with Gasteiger partial charge in [-0.1, -0.05) is 28.0 Å². The highest BCUT2D eigenvalue weighted by atomic mass is 79.9. The van der Waals surface area contributed by atoms with E-state index < -0.39 is 0 Å². The standard InChI is InChI=1S/C12H13BrFN3O/c1-2-7(6-15)12-16-11(17-18-12)8-3-9(13)5-10(14)4-8/h3-5,7H,2,6,15H2,1H3. The summed E-state index contributed by atoms with van der Waals surface area (Å²) in [5, 5.41) is 3.86. The Kier molecular flexibility index (Phi) is 4.08. The second-order valence-electron chi connectivity index (χ2n) is 3.96. The van der Waals surface area contributed by atoms with Crippen LogP contribution in [0.1, 0.15) is 25.2 Å². The highest BCUT2D eigenvalue weighted by Gasteiger charge is 2.17. The molecule has 1 heterocycles. The summed E-state index contributed by atoms with van der Waals surface area (Å²) in [6, 6.07) is 4.48. The minimum Gasteiger partial charge on any atom is -0.339 e. The third-order valence-corrected chi connectivity index (χ3v) is 3.15. The van der Waals surface area contributed by atoms with Gasteiger partial charge in [0, 0.05) is 16.6 Å². The summed E-state index contributed by atoms with van der Waals surface area (Å²) in [4.78, 5) is 4.26. The summed E-state index contributed by atoms with van der Waals surface area (Å²) in [6.07, 6.45) is 0.824. The molecule has 0 spiro atoms. The predicted molar refractivity (Wildman–Crippen MR) is 69.5 cm³/mol. The lowest BCUT2D eigenvalue weighted by Gasteiger charge is -2.04. The molecule has 0 saturated carbocycles. The quantitative estimate of drug-likeness (QED) is 0.942.